The summed E-state index contributed by atoms with van der Waals surface area (Å²) in [5.41, 5.74) is 2.04. The smallest absolute Gasteiger partial charge is 0.326 e. The van der Waals surface area contributed by atoms with Crippen LogP contribution in [0, 0.1) is 22.5 Å². The van der Waals surface area contributed by atoms with Crippen molar-refractivity contribution >= 4 is 29.2 Å². The second-order valence-electron chi connectivity index (χ2n) is 10.5. The predicted molar refractivity (Wildman–Crippen MR) is 153 cm³/mol. The standard InChI is InChI=1S/C31H33N3O7/c1-20-5-12-24(34(39)40)18-26(20)28(35)32-23-10-6-21(7-11-23)17-27(29(36)37)33-30(38)31(15-3-4-16-31)19-22-8-13-25(41-2)14-9-22/h5-14,18,27H,3-4,15-17,19H2,1-2H3,(H,32,35)(H,33,38)(H,36,37)/t27-/m0/s1. The molecule has 3 aromatic carbocycles. The average Bonchev–Trinajstić information content (AvgIpc) is 3.43. The van der Waals surface area contributed by atoms with Crippen molar-refractivity contribution in [2.24, 2.45) is 5.41 Å². The molecule has 0 aromatic heterocycles. The Labute approximate surface area is 237 Å². The van der Waals surface area contributed by atoms with E-state index in [0.29, 0.717) is 36.1 Å². The highest BCUT2D eigenvalue weighted by Gasteiger charge is 2.42. The third-order valence-electron chi connectivity index (χ3n) is 7.68. The number of hydrogen-bond acceptors (Lipinski definition) is 6. The van der Waals surface area contributed by atoms with E-state index in [4.69, 9.17) is 4.74 Å². The molecule has 0 aliphatic heterocycles. The molecular formula is C31H33N3O7. The fraction of sp³-hybridized carbons (Fsp3) is 0.323. The van der Waals surface area contributed by atoms with Crippen LogP contribution in [0.3, 0.4) is 0 Å². The van der Waals surface area contributed by atoms with E-state index in [-0.39, 0.29) is 23.6 Å². The minimum absolute atomic E-state index is 0.0674. The van der Waals surface area contributed by atoms with Crippen molar-refractivity contribution in [3.63, 3.8) is 0 Å². The van der Waals surface area contributed by atoms with E-state index in [1.54, 1.807) is 38.3 Å². The van der Waals surface area contributed by atoms with Gasteiger partial charge in [0.15, 0.2) is 0 Å². The first-order valence-electron chi connectivity index (χ1n) is 13.4. The molecule has 1 aliphatic carbocycles. The number of hydrogen-bond donors (Lipinski definition) is 3. The SMILES string of the molecule is COc1ccc(CC2(C(=O)N[C@@H](Cc3ccc(NC(=O)c4cc([N+](=O)[O-])ccc4C)cc3)C(=O)O)CCCC2)cc1. The number of carbonyl (C=O) groups excluding carboxylic acids is 2. The average molecular weight is 560 g/mol. The monoisotopic (exact) mass is 559 g/mol. The Morgan fingerprint density at radius 1 is 1.00 bits per heavy atom. The molecule has 0 unspecified atom stereocenters. The number of aliphatic carboxylic acids is 1. The van der Waals surface area contributed by atoms with Gasteiger partial charge in [-0.3, -0.25) is 19.7 Å². The number of carboxylic acids is 1. The number of carbonyl (C=O) groups is 3. The van der Waals surface area contributed by atoms with E-state index >= 15 is 0 Å². The third kappa shape index (κ3) is 7.08. The van der Waals surface area contributed by atoms with Crippen LogP contribution in [-0.4, -0.2) is 41.0 Å². The van der Waals surface area contributed by atoms with E-state index in [0.717, 1.165) is 24.2 Å². The lowest BCUT2D eigenvalue weighted by atomic mass is 9.78. The summed E-state index contributed by atoms with van der Waals surface area (Å²) in [6.45, 7) is 1.69. The number of nitrogens with zero attached hydrogens (tertiary/aromatic N) is 1. The third-order valence-corrected chi connectivity index (χ3v) is 7.68. The number of carboxylic acid groups (broad SMARTS) is 1. The van der Waals surface area contributed by atoms with Gasteiger partial charge in [-0.1, -0.05) is 43.2 Å². The van der Waals surface area contributed by atoms with Gasteiger partial charge in [-0.05, 0) is 67.1 Å². The first kappa shape index (κ1) is 29.3. The van der Waals surface area contributed by atoms with Gasteiger partial charge in [-0.25, -0.2) is 4.79 Å². The molecule has 10 nitrogen and oxygen atoms in total. The quantitative estimate of drug-likeness (QED) is 0.219. The van der Waals surface area contributed by atoms with Crippen molar-refractivity contribution < 1.29 is 29.2 Å². The zero-order chi connectivity index (χ0) is 29.6. The highest BCUT2D eigenvalue weighted by molar-refractivity contribution is 6.05. The van der Waals surface area contributed by atoms with Gasteiger partial charge in [0.05, 0.1) is 17.4 Å². The molecule has 2 amide bonds. The predicted octanol–water partition coefficient (Wildman–Crippen LogP) is 5.08. The molecular weight excluding hydrogens is 526 g/mol. The maximum Gasteiger partial charge on any atom is 0.326 e. The zero-order valence-corrected chi connectivity index (χ0v) is 23.0. The Balaban J connectivity index is 1.42. The zero-order valence-electron chi connectivity index (χ0n) is 23.0. The van der Waals surface area contributed by atoms with Gasteiger partial charge in [0, 0.05) is 29.8 Å². The van der Waals surface area contributed by atoms with Crippen LogP contribution in [-0.2, 0) is 22.4 Å². The highest BCUT2D eigenvalue weighted by atomic mass is 16.6. The maximum atomic E-state index is 13.5. The fourth-order valence-electron chi connectivity index (χ4n) is 5.31. The van der Waals surface area contributed by atoms with Gasteiger partial charge in [-0.15, -0.1) is 0 Å². The van der Waals surface area contributed by atoms with Crippen molar-refractivity contribution in [1.82, 2.24) is 5.32 Å². The van der Waals surface area contributed by atoms with E-state index in [1.807, 2.05) is 24.3 Å². The minimum Gasteiger partial charge on any atom is -0.497 e. The summed E-state index contributed by atoms with van der Waals surface area (Å²) >= 11 is 0. The molecule has 0 spiro atoms. The molecule has 1 atom stereocenters. The van der Waals surface area contributed by atoms with Crippen molar-refractivity contribution in [2.45, 2.75) is 51.5 Å². The molecule has 214 valence electrons. The lowest BCUT2D eigenvalue weighted by molar-refractivity contribution is -0.384. The second-order valence-corrected chi connectivity index (χ2v) is 10.5. The summed E-state index contributed by atoms with van der Waals surface area (Å²) in [5.74, 6) is -1.15. The van der Waals surface area contributed by atoms with Crippen molar-refractivity contribution in [3.05, 3.63) is 99.1 Å². The second kappa shape index (κ2) is 12.6. The van der Waals surface area contributed by atoms with Crippen LogP contribution < -0.4 is 15.4 Å². The first-order valence-corrected chi connectivity index (χ1v) is 13.4. The molecule has 1 saturated carbocycles. The molecule has 1 fully saturated rings. The fourth-order valence-corrected chi connectivity index (χ4v) is 5.31. The molecule has 10 heteroatoms. The Hall–Kier alpha value is -4.73. The van der Waals surface area contributed by atoms with Crippen LogP contribution >= 0.6 is 0 Å². The topological polar surface area (TPSA) is 148 Å². The van der Waals surface area contributed by atoms with Gasteiger partial charge in [0.25, 0.3) is 11.6 Å². The summed E-state index contributed by atoms with van der Waals surface area (Å²) in [5, 5.41) is 26.5. The molecule has 4 rings (SSSR count). The Morgan fingerprint density at radius 2 is 1.63 bits per heavy atom. The molecule has 0 heterocycles. The number of benzene rings is 3. The number of nitro groups is 1. The summed E-state index contributed by atoms with van der Waals surface area (Å²) in [6, 6.07) is 17.2. The van der Waals surface area contributed by atoms with Crippen molar-refractivity contribution in [1.29, 1.82) is 0 Å². The summed E-state index contributed by atoms with van der Waals surface area (Å²) < 4.78 is 5.22. The van der Waals surface area contributed by atoms with Gasteiger partial charge in [0.2, 0.25) is 5.91 Å². The van der Waals surface area contributed by atoms with Gasteiger partial charge < -0.3 is 20.5 Å². The van der Waals surface area contributed by atoms with Crippen molar-refractivity contribution in [2.75, 3.05) is 12.4 Å². The number of anilines is 1. The van der Waals surface area contributed by atoms with E-state index in [1.165, 1.54) is 18.2 Å². The molecule has 41 heavy (non-hydrogen) atoms. The van der Waals surface area contributed by atoms with Gasteiger partial charge in [0.1, 0.15) is 11.8 Å². The molecule has 1 aliphatic rings. The Bertz CT molecular complexity index is 1430. The minimum atomic E-state index is -1.13. The van der Waals surface area contributed by atoms with E-state index < -0.39 is 28.3 Å². The number of amides is 2. The number of rotatable bonds is 11. The summed E-state index contributed by atoms with van der Waals surface area (Å²) in [6.07, 6.45) is 3.78. The number of methoxy groups -OCH3 is 1. The van der Waals surface area contributed by atoms with Crippen LogP contribution in [0.1, 0.15) is 52.7 Å². The normalized spacial score (nSPS) is 14.6. The lowest BCUT2D eigenvalue weighted by Crippen LogP contribution is -2.49. The van der Waals surface area contributed by atoms with Crippen molar-refractivity contribution in [3.8, 4) is 5.75 Å². The number of nitro benzene ring substituents is 1. The number of nitrogens with one attached hydrogen (secondary N) is 2. The van der Waals surface area contributed by atoms with Gasteiger partial charge in [-0.2, -0.15) is 0 Å². The van der Waals surface area contributed by atoms with E-state index in [2.05, 4.69) is 10.6 Å². The summed E-state index contributed by atoms with van der Waals surface area (Å²) in [4.78, 5) is 48.9. The van der Waals surface area contributed by atoms with Crippen LogP contribution in [0.25, 0.3) is 0 Å². The molecule has 0 saturated heterocycles. The van der Waals surface area contributed by atoms with E-state index in [9.17, 15) is 29.6 Å². The number of ether oxygens (including phenoxy) is 1. The Kier molecular flexibility index (Phi) is 9.01. The molecule has 0 bridgehead atoms. The molecule has 3 aromatic rings. The van der Waals surface area contributed by atoms with Crippen LogP contribution in [0.2, 0.25) is 0 Å². The van der Waals surface area contributed by atoms with Gasteiger partial charge >= 0.3 is 5.97 Å². The first-order chi connectivity index (χ1) is 19.6. The number of aryl methyl sites for hydroxylation is 1. The molecule has 0 radical (unpaired) electrons. The largest absolute Gasteiger partial charge is 0.497 e. The van der Waals surface area contributed by atoms with Crippen LogP contribution in [0.5, 0.6) is 5.75 Å². The molecule has 3 N–H and O–H groups in total. The van der Waals surface area contributed by atoms with Crippen LogP contribution in [0.15, 0.2) is 66.7 Å². The number of non-ortho nitro benzene ring substituents is 1. The Morgan fingerprint density at radius 3 is 2.22 bits per heavy atom. The summed E-state index contributed by atoms with van der Waals surface area (Å²) in [7, 11) is 1.60. The highest BCUT2D eigenvalue weighted by Crippen LogP contribution is 2.41. The lowest BCUT2D eigenvalue weighted by Gasteiger charge is -2.29. The maximum absolute atomic E-state index is 13.5. The van der Waals surface area contributed by atoms with Crippen LogP contribution in [0.4, 0.5) is 11.4 Å².